The van der Waals surface area contributed by atoms with Gasteiger partial charge in [0.05, 0.1) is 11.1 Å². The molecule has 0 radical (unpaired) electrons. The van der Waals surface area contributed by atoms with E-state index in [1.807, 2.05) is 6.07 Å². The Hall–Kier alpha value is -0.580. The third-order valence-corrected chi connectivity index (χ3v) is 3.96. The normalized spacial score (nSPS) is 12.7. The van der Waals surface area contributed by atoms with Crippen molar-refractivity contribution in [2.45, 2.75) is 46.1 Å². The number of nitrogens with two attached hydrogens (primary N) is 1. The van der Waals surface area contributed by atoms with E-state index in [4.69, 9.17) is 15.2 Å². The van der Waals surface area contributed by atoms with Crippen LogP contribution in [-0.4, -0.2) is 25.9 Å². The fourth-order valence-electron chi connectivity index (χ4n) is 1.87. The molecule has 2 N–H and O–H groups in total. The molecular formula is C17H28BrNO2. The van der Waals surface area contributed by atoms with Crippen molar-refractivity contribution in [2.24, 2.45) is 11.7 Å². The van der Waals surface area contributed by atoms with Crippen molar-refractivity contribution in [3.8, 4) is 5.75 Å². The standard InChI is InChI=1S/C17H28BrNO2/c1-4-15(19)11-14-5-6-17(16(18)12-14)21-10-9-20-8-7-13(2)3/h5-6,12-13,15H,4,7-11,19H2,1-3H3. The summed E-state index contributed by atoms with van der Waals surface area (Å²) in [4.78, 5) is 0. The second-order valence-electron chi connectivity index (χ2n) is 5.78. The quantitative estimate of drug-likeness (QED) is 0.639. The topological polar surface area (TPSA) is 44.5 Å². The Labute approximate surface area is 137 Å². The maximum absolute atomic E-state index is 5.98. The van der Waals surface area contributed by atoms with Crippen LogP contribution in [0.4, 0.5) is 0 Å². The van der Waals surface area contributed by atoms with E-state index in [0.717, 1.165) is 36.1 Å². The minimum atomic E-state index is 0.220. The molecule has 1 atom stereocenters. The summed E-state index contributed by atoms with van der Waals surface area (Å²) in [7, 11) is 0. The van der Waals surface area contributed by atoms with Crippen LogP contribution in [0.5, 0.6) is 5.75 Å². The highest BCUT2D eigenvalue weighted by Gasteiger charge is 2.06. The van der Waals surface area contributed by atoms with Crippen LogP contribution >= 0.6 is 15.9 Å². The number of ether oxygens (including phenoxy) is 2. The Morgan fingerprint density at radius 3 is 2.57 bits per heavy atom. The van der Waals surface area contributed by atoms with Crippen LogP contribution in [0, 0.1) is 5.92 Å². The zero-order chi connectivity index (χ0) is 15.7. The second kappa shape index (κ2) is 10.2. The molecule has 0 saturated carbocycles. The van der Waals surface area contributed by atoms with E-state index >= 15 is 0 Å². The van der Waals surface area contributed by atoms with Gasteiger partial charge in [-0.25, -0.2) is 0 Å². The van der Waals surface area contributed by atoms with E-state index < -0.39 is 0 Å². The van der Waals surface area contributed by atoms with Crippen molar-refractivity contribution in [2.75, 3.05) is 19.8 Å². The van der Waals surface area contributed by atoms with E-state index in [2.05, 4.69) is 48.8 Å². The molecule has 0 aliphatic carbocycles. The van der Waals surface area contributed by atoms with Gasteiger partial charge >= 0.3 is 0 Å². The van der Waals surface area contributed by atoms with E-state index in [1.54, 1.807) is 0 Å². The van der Waals surface area contributed by atoms with Gasteiger partial charge in [0.1, 0.15) is 12.4 Å². The lowest BCUT2D eigenvalue weighted by Crippen LogP contribution is -2.21. The smallest absolute Gasteiger partial charge is 0.133 e. The molecule has 0 aromatic heterocycles. The monoisotopic (exact) mass is 357 g/mol. The lowest BCUT2D eigenvalue weighted by Gasteiger charge is -2.12. The highest BCUT2D eigenvalue weighted by Crippen LogP contribution is 2.26. The maximum Gasteiger partial charge on any atom is 0.133 e. The first-order valence-electron chi connectivity index (χ1n) is 7.77. The third-order valence-electron chi connectivity index (χ3n) is 3.34. The van der Waals surface area contributed by atoms with Gasteiger partial charge in [0.25, 0.3) is 0 Å². The predicted molar refractivity (Wildman–Crippen MR) is 91.9 cm³/mol. The molecule has 0 spiro atoms. The minimum absolute atomic E-state index is 0.220. The Morgan fingerprint density at radius 1 is 1.19 bits per heavy atom. The summed E-state index contributed by atoms with van der Waals surface area (Å²) in [5.41, 5.74) is 7.21. The molecule has 1 aromatic carbocycles. The Kier molecular flexibility index (Phi) is 8.97. The van der Waals surface area contributed by atoms with E-state index in [1.165, 1.54) is 5.56 Å². The van der Waals surface area contributed by atoms with Crippen LogP contribution in [-0.2, 0) is 11.2 Å². The molecule has 0 aliphatic rings. The molecule has 3 nitrogen and oxygen atoms in total. The molecule has 0 saturated heterocycles. The lowest BCUT2D eigenvalue weighted by molar-refractivity contribution is 0.0923. The molecule has 4 heteroatoms. The van der Waals surface area contributed by atoms with Crippen LogP contribution in [0.1, 0.15) is 39.2 Å². The van der Waals surface area contributed by atoms with Crippen molar-refractivity contribution < 1.29 is 9.47 Å². The van der Waals surface area contributed by atoms with Crippen molar-refractivity contribution in [1.82, 2.24) is 0 Å². The van der Waals surface area contributed by atoms with E-state index in [0.29, 0.717) is 19.1 Å². The molecule has 1 aromatic rings. The highest BCUT2D eigenvalue weighted by molar-refractivity contribution is 9.10. The fourth-order valence-corrected chi connectivity index (χ4v) is 2.41. The number of hydrogen-bond donors (Lipinski definition) is 1. The molecule has 0 bridgehead atoms. The van der Waals surface area contributed by atoms with Gasteiger partial charge in [0.2, 0.25) is 0 Å². The molecular weight excluding hydrogens is 330 g/mol. The molecule has 21 heavy (non-hydrogen) atoms. The molecule has 1 unspecified atom stereocenters. The SMILES string of the molecule is CCC(N)Cc1ccc(OCCOCCC(C)C)c(Br)c1. The van der Waals surface area contributed by atoms with Crippen LogP contribution < -0.4 is 10.5 Å². The molecule has 0 aliphatic heterocycles. The predicted octanol–water partition coefficient (Wildman–Crippen LogP) is 4.17. The first kappa shape index (κ1) is 18.5. The molecule has 1 rings (SSSR count). The van der Waals surface area contributed by atoms with Crippen molar-refractivity contribution in [3.63, 3.8) is 0 Å². The molecule has 0 fully saturated rings. The summed E-state index contributed by atoms with van der Waals surface area (Å²) in [6.45, 7) is 8.50. The zero-order valence-corrected chi connectivity index (χ0v) is 15.0. The third kappa shape index (κ3) is 7.84. The number of hydrogen-bond acceptors (Lipinski definition) is 3. The molecule has 0 heterocycles. The fraction of sp³-hybridized carbons (Fsp3) is 0.647. The summed E-state index contributed by atoms with van der Waals surface area (Å²) in [6.07, 6.45) is 2.98. The number of rotatable bonds is 10. The van der Waals surface area contributed by atoms with E-state index in [9.17, 15) is 0 Å². The highest BCUT2D eigenvalue weighted by atomic mass is 79.9. The summed E-state index contributed by atoms with van der Waals surface area (Å²) in [5.74, 6) is 1.54. The maximum atomic E-state index is 5.98. The first-order chi connectivity index (χ1) is 10.0. The van der Waals surface area contributed by atoms with Gasteiger partial charge in [-0.15, -0.1) is 0 Å². The van der Waals surface area contributed by atoms with Crippen LogP contribution in [0.2, 0.25) is 0 Å². The van der Waals surface area contributed by atoms with Crippen LogP contribution in [0.15, 0.2) is 22.7 Å². The van der Waals surface area contributed by atoms with Gasteiger partial charge in [-0.1, -0.05) is 26.8 Å². The molecule has 0 amide bonds. The van der Waals surface area contributed by atoms with E-state index in [-0.39, 0.29) is 6.04 Å². The minimum Gasteiger partial charge on any atom is -0.490 e. The summed E-state index contributed by atoms with van der Waals surface area (Å²) < 4.78 is 12.2. The van der Waals surface area contributed by atoms with Crippen molar-refractivity contribution in [3.05, 3.63) is 28.2 Å². The van der Waals surface area contributed by atoms with Crippen LogP contribution in [0.3, 0.4) is 0 Å². The van der Waals surface area contributed by atoms with Crippen molar-refractivity contribution >= 4 is 15.9 Å². The van der Waals surface area contributed by atoms with Gasteiger partial charge in [-0.05, 0) is 58.8 Å². The summed E-state index contributed by atoms with van der Waals surface area (Å²) in [6, 6.07) is 6.38. The van der Waals surface area contributed by atoms with Gasteiger partial charge < -0.3 is 15.2 Å². The van der Waals surface area contributed by atoms with Gasteiger partial charge in [-0.3, -0.25) is 0 Å². The Balaban J connectivity index is 2.32. The zero-order valence-electron chi connectivity index (χ0n) is 13.4. The molecule has 120 valence electrons. The number of benzene rings is 1. The Morgan fingerprint density at radius 2 is 1.95 bits per heavy atom. The lowest BCUT2D eigenvalue weighted by atomic mass is 10.0. The number of halogens is 1. The second-order valence-corrected chi connectivity index (χ2v) is 6.63. The van der Waals surface area contributed by atoms with Gasteiger partial charge in [-0.2, -0.15) is 0 Å². The summed E-state index contributed by atoms with van der Waals surface area (Å²) >= 11 is 3.55. The van der Waals surface area contributed by atoms with Gasteiger partial charge in [0.15, 0.2) is 0 Å². The average molecular weight is 358 g/mol. The Bertz CT molecular complexity index is 410. The first-order valence-corrected chi connectivity index (χ1v) is 8.56. The van der Waals surface area contributed by atoms with Crippen LogP contribution in [0.25, 0.3) is 0 Å². The van der Waals surface area contributed by atoms with Crippen molar-refractivity contribution in [1.29, 1.82) is 0 Å². The van der Waals surface area contributed by atoms with Gasteiger partial charge in [0, 0.05) is 12.6 Å². The summed E-state index contributed by atoms with van der Waals surface area (Å²) in [5, 5.41) is 0. The average Bonchev–Trinajstić information content (AvgIpc) is 2.44. The largest absolute Gasteiger partial charge is 0.490 e.